The fourth-order valence-corrected chi connectivity index (χ4v) is 2.09. The zero-order chi connectivity index (χ0) is 11.7. The number of aryl methyl sites for hydroxylation is 1. The Hall–Kier alpha value is -1.13. The van der Waals surface area contributed by atoms with E-state index in [1.165, 1.54) is 0 Å². The first-order valence-electron chi connectivity index (χ1n) is 5.20. The third-order valence-corrected chi connectivity index (χ3v) is 2.75. The van der Waals surface area contributed by atoms with Crippen molar-refractivity contribution in [3.05, 3.63) is 35.5 Å². The maximum Gasteiger partial charge on any atom is 0.240 e. The van der Waals surface area contributed by atoms with Crippen molar-refractivity contribution in [2.75, 3.05) is 0 Å². The van der Waals surface area contributed by atoms with Crippen molar-refractivity contribution in [2.45, 2.75) is 25.8 Å². The van der Waals surface area contributed by atoms with Gasteiger partial charge in [-0.1, -0.05) is 18.2 Å². The van der Waals surface area contributed by atoms with Crippen LogP contribution in [0.1, 0.15) is 23.7 Å². The van der Waals surface area contributed by atoms with Crippen LogP contribution in [0.2, 0.25) is 0 Å². The number of aromatic amines is 1. The normalized spacial score (nSPS) is 12.8. The maximum atomic E-state index is 12.3. The molecule has 0 fully saturated rings. The molecule has 0 radical (unpaired) electrons. The molecular formula is C12H15ClF2N2. The number of alkyl halides is 2. The molecule has 1 atom stereocenters. The topological polar surface area (TPSA) is 41.8 Å². The van der Waals surface area contributed by atoms with Gasteiger partial charge in [-0.05, 0) is 18.6 Å². The summed E-state index contributed by atoms with van der Waals surface area (Å²) in [5, 5.41) is 0.938. The van der Waals surface area contributed by atoms with E-state index in [4.69, 9.17) is 5.73 Å². The van der Waals surface area contributed by atoms with Crippen LogP contribution in [-0.4, -0.2) is 11.4 Å². The summed E-state index contributed by atoms with van der Waals surface area (Å²) in [7, 11) is 0. The van der Waals surface area contributed by atoms with Gasteiger partial charge >= 0.3 is 0 Å². The molecule has 2 nitrogen and oxygen atoms in total. The molecule has 0 unspecified atom stereocenters. The van der Waals surface area contributed by atoms with Gasteiger partial charge in [0.1, 0.15) is 0 Å². The van der Waals surface area contributed by atoms with Crippen LogP contribution in [0.25, 0.3) is 10.9 Å². The second-order valence-corrected chi connectivity index (χ2v) is 3.94. The van der Waals surface area contributed by atoms with Crippen molar-refractivity contribution >= 4 is 23.3 Å². The summed E-state index contributed by atoms with van der Waals surface area (Å²) in [6.07, 6.45) is -2.68. The lowest BCUT2D eigenvalue weighted by atomic mass is 10.0. The molecular weight excluding hydrogens is 246 g/mol. The van der Waals surface area contributed by atoms with Gasteiger partial charge in [-0.2, -0.15) is 0 Å². The lowest BCUT2D eigenvalue weighted by Gasteiger charge is -2.11. The van der Waals surface area contributed by atoms with Gasteiger partial charge in [-0.15, -0.1) is 12.4 Å². The van der Waals surface area contributed by atoms with Crippen molar-refractivity contribution in [1.29, 1.82) is 0 Å². The Labute approximate surface area is 105 Å². The molecule has 0 spiro atoms. The Morgan fingerprint density at radius 2 is 1.94 bits per heavy atom. The van der Waals surface area contributed by atoms with E-state index < -0.39 is 12.5 Å². The van der Waals surface area contributed by atoms with E-state index in [0.717, 1.165) is 22.2 Å². The molecule has 0 saturated carbocycles. The Morgan fingerprint density at radius 1 is 1.29 bits per heavy atom. The van der Waals surface area contributed by atoms with Crippen molar-refractivity contribution in [2.24, 2.45) is 5.73 Å². The molecule has 1 heterocycles. The standard InChI is InChI=1S/C12H14F2N2.ClH/c1-7-12(9(15)6-11(13)14)8-4-2-3-5-10(8)16-7;/h2-5,9,11,16H,6,15H2,1H3;1H/t9-;/m1./s1. The van der Waals surface area contributed by atoms with Gasteiger partial charge in [0.25, 0.3) is 0 Å². The summed E-state index contributed by atoms with van der Waals surface area (Å²) in [5.74, 6) is 0. The van der Waals surface area contributed by atoms with Gasteiger partial charge in [0, 0.05) is 29.1 Å². The molecule has 17 heavy (non-hydrogen) atoms. The predicted molar refractivity (Wildman–Crippen MR) is 67.8 cm³/mol. The monoisotopic (exact) mass is 260 g/mol. The minimum Gasteiger partial charge on any atom is -0.358 e. The summed E-state index contributed by atoms with van der Waals surface area (Å²) in [4.78, 5) is 3.16. The number of hydrogen-bond acceptors (Lipinski definition) is 1. The second-order valence-electron chi connectivity index (χ2n) is 3.94. The molecule has 0 aliphatic heterocycles. The number of benzene rings is 1. The van der Waals surface area contributed by atoms with Crippen molar-refractivity contribution in [3.63, 3.8) is 0 Å². The van der Waals surface area contributed by atoms with E-state index in [-0.39, 0.29) is 18.8 Å². The summed E-state index contributed by atoms with van der Waals surface area (Å²) in [6.45, 7) is 1.86. The predicted octanol–water partition coefficient (Wildman–Crippen LogP) is 3.55. The van der Waals surface area contributed by atoms with Crippen LogP contribution in [0.4, 0.5) is 8.78 Å². The van der Waals surface area contributed by atoms with E-state index in [0.29, 0.717) is 0 Å². The van der Waals surface area contributed by atoms with Crippen LogP contribution in [0, 0.1) is 6.92 Å². The highest BCUT2D eigenvalue weighted by Crippen LogP contribution is 2.29. The average molecular weight is 261 g/mol. The molecule has 5 heteroatoms. The Kier molecular flexibility index (Phi) is 4.48. The highest BCUT2D eigenvalue weighted by molar-refractivity contribution is 5.85. The van der Waals surface area contributed by atoms with Crippen LogP contribution in [0.15, 0.2) is 24.3 Å². The van der Waals surface area contributed by atoms with Gasteiger partial charge in [-0.3, -0.25) is 0 Å². The van der Waals surface area contributed by atoms with Gasteiger partial charge in [0.2, 0.25) is 6.43 Å². The zero-order valence-electron chi connectivity index (χ0n) is 9.41. The maximum absolute atomic E-state index is 12.3. The smallest absolute Gasteiger partial charge is 0.240 e. The van der Waals surface area contributed by atoms with Gasteiger partial charge in [0.05, 0.1) is 0 Å². The average Bonchev–Trinajstić information content (AvgIpc) is 2.52. The van der Waals surface area contributed by atoms with Crippen molar-refractivity contribution in [1.82, 2.24) is 4.98 Å². The second kappa shape index (κ2) is 5.47. The van der Waals surface area contributed by atoms with E-state index >= 15 is 0 Å². The highest BCUT2D eigenvalue weighted by Gasteiger charge is 2.18. The molecule has 2 rings (SSSR count). The SMILES string of the molecule is Cc1[nH]c2ccccc2c1[C@H](N)CC(F)F.Cl. The fraction of sp³-hybridized carbons (Fsp3) is 0.333. The first-order chi connectivity index (χ1) is 7.59. The zero-order valence-corrected chi connectivity index (χ0v) is 10.2. The first kappa shape index (κ1) is 13.9. The number of nitrogens with one attached hydrogen (secondary N) is 1. The molecule has 0 aliphatic rings. The van der Waals surface area contributed by atoms with Gasteiger partial charge in [-0.25, -0.2) is 8.78 Å². The van der Waals surface area contributed by atoms with Gasteiger partial charge in [0.15, 0.2) is 0 Å². The van der Waals surface area contributed by atoms with Crippen molar-refractivity contribution < 1.29 is 8.78 Å². The number of H-pyrrole nitrogens is 1. The molecule has 1 aromatic heterocycles. The van der Waals surface area contributed by atoms with E-state index in [1.54, 1.807) is 0 Å². The lowest BCUT2D eigenvalue weighted by Crippen LogP contribution is -2.14. The summed E-state index contributed by atoms with van der Waals surface area (Å²) >= 11 is 0. The minimum absolute atomic E-state index is 0. The van der Waals surface area contributed by atoms with Crippen LogP contribution >= 0.6 is 12.4 Å². The van der Waals surface area contributed by atoms with E-state index in [1.807, 2.05) is 31.2 Å². The Morgan fingerprint density at radius 3 is 2.59 bits per heavy atom. The molecule has 0 aliphatic carbocycles. The van der Waals surface area contributed by atoms with Crippen LogP contribution in [0.3, 0.4) is 0 Å². The number of fused-ring (bicyclic) bond motifs is 1. The van der Waals surface area contributed by atoms with E-state index in [9.17, 15) is 8.78 Å². The highest BCUT2D eigenvalue weighted by atomic mass is 35.5. The summed E-state index contributed by atoms with van der Waals surface area (Å²) < 4.78 is 24.6. The van der Waals surface area contributed by atoms with Gasteiger partial charge < -0.3 is 10.7 Å². The number of rotatable bonds is 3. The first-order valence-corrected chi connectivity index (χ1v) is 5.20. The third kappa shape index (κ3) is 2.76. The third-order valence-electron chi connectivity index (χ3n) is 2.75. The molecule has 94 valence electrons. The largest absolute Gasteiger partial charge is 0.358 e. The number of para-hydroxylation sites is 1. The quantitative estimate of drug-likeness (QED) is 0.871. The Balaban J connectivity index is 0.00000144. The molecule has 1 aromatic carbocycles. The van der Waals surface area contributed by atoms with Crippen LogP contribution < -0.4 is 5.73 Å². The summed E-state index contributed by atoms with van der Waals surface area (Å²) in [5.41, 5.74) is 8.42. The number of nitrogens with two attached hydrogens (primary N) is 1. The van der Waals surface area contributed by atoms with E-state index in [2.05, 4.69) is 4.98 Å². The number of hydrogen-bond donors (Lipinski definition) is 2. The lowest BCUT2D eigenvalue weighted by molar-refractivity contribution is 0.128. The number of aromatic nitrogens is 1. The van der Waals surface area contributed by atoms with Crippen LogP contribution in [0.5, 0.6) is 0 Å². The number of halogens is 3. The molecule has 3 N–H and O–H groups in total. The summed E-state index contributed by atoms with van der Waals surface area (Å²) in [6, 6.07) is 6.99. The Bertz CT molecular complexity index is 496. The molecule has 0 bridgehead atoms. The fourth-order valence-electron chi connectivity index (χ4n) is 2.09. The minimum atomic E-state index is -2.37. The van der Waals surface area contributed by atoms with Crippen LogP contribution in [-0.2, 0) is 0 Å². The molecule has 0 saturated heterocycles. The molecule has 2 aromatic rings. The molecule has 0 amide bonds. The van der Waals surface area contributed by atoms with Crippen molar-refractivity contribution in [3.8, 4) is 0 Å².